The molecule has 1 N–H and O–H groups in total. The molecular formula is C16H24N6. The van der Waals surface area contributed by atoms with E-state index in [4.69, 9.17) is 0 Å². The lowest BCUT2D eigenvalue weighted by molar-refractivity contribution is 0.439. The molecule has 3 heterocycles. The predicted molar refractivity (Wildman–Crippen MR) is 86.0 cm³/mol. The molecule has 0 saturated heterocycles. The third-order valence-corrected chi connectivity index (χ3v) is 3.96. The first-order chi connectivity index (χ1) is 10.5. The second-order valence-corrected chi connectivity index (χ2v) is 6.27. The number of nitrogens with zero attached hydrogens (tertiary/aromatic N) is 5. The molecule has 6 heteroatoms. The summed E-state index contributed by atoms with van der Waals surface area (Å²) in [5.41, 5.74) is 1.01. The van der Waals surface area contributed by atoms with Crippen LogP contribution in [0.2, 0.25) is 0 Å². The van der Waals surface area contributed by atoms with Gasteiger partial charge in [0.15, 0.2) is 5.82 Å². The van der Waals surface area contributed by atoms with Crippen molar-refractivity contribution in [1.29, 1.82) is 0 Å². The molecule has 0 radical (unpaired) electrons. The highest BCUT2D eigenvalue weighted by atomic mass is 15.4. The molecule has 3 rings (SSSR count). The van der Waals surface area contributed by atoms with E-state index < -0.39 is 0 Å². The Labute approximate surface area is 131 Å². The summed E-state index contributed by atoms with van der Waals surface area (Å²) in [6.45, 7) is 9.19. The van der Waals surface area contributed by atoms with Gasteiger partial charge in [0.1, 0.15) is 17.5 Å². The van der Waals surface area contributed by atoms with E-state index in [1.807, 2.05) is 17.7 Å². The Balaban J connectivity index is 1.74. The Morgan fingerprint density at radius 1 is 1.32 bits per heavy atom. The van der Waals surface area contributed by atoms with Crippen LogP contribution in [0.3, 0.4) is 0 Å². The Morgan fingerprint density at radius 2 is 2.14 bits per heavy atom. The molecule has 0 saturated carbocycles. The SMILES string of the molecule is CCc1nc2n(n1)CC(Nc1cc(C)nc(C(C)C)n1)CC2. The second-order valence-electron chi connectivity index (χ2n) is 6.27. The quantitative estimate of drug-likeness (QED) is 0.939. The molecule has 2 aromatic rings. The molecule has 0 aromatic carbocycles. The summed E-state index contributed by atoms with van der Waals surface area (Å²) in [4.78, 5) is 13.7. The summed E-state index contributed by atoms with van der Waals surface area (Å²) < 4.78 is 2.04. The van der Waals surface area contributed by atoms with Gasteiger partial charge in [0.2, 0.25) is 0 Å². The zero-order chi connectivity index (χ0) is 15.7. The zero-order valence-electron chi connectivity index (χ0n) is 13.8. The fraction of sp³-hybridized carbons (Fsp3) is 0.625. The fourth-order valence-corrected chi connectivity index (χ4v) is 2.76. The van der Waals surface area contributed by atoms with Gasteiger partial charge in [-0.3, -0.25) is 0 Å². The lowest BCUT2D eigenvalue weighted by atomic mass is 10.1. The molecule has 2 aromatic heterocycles. The van der Waals surface area contributed by atoms with Gasteiger partial charge in [0, 0.05) is 36.6 Å². The lowest BCUT2D eigenvalue weighted by Gasteiger charge is -2.24. The average molecular weight is 300 g/mol. The molecule has 1 atom stereocenters. The van der Waals surface area contributed by atoms with Gasteiger partial charge in [-0.15, -0.1) is 0 Å². The van der Waals surface area contributed by atoms with E-state index in [0.717, 1.165) is 54.8 Å². The molecule has 118 valence electrons. The van der Waals surface area contributed by atoms with Gasteiger partial charge in [0.05, 0.1) is 6.54 Å². The summed E-state index contributed by atoms with van der Waals surface area (Å²) in [5.74, 6) is 4.20. The number of aromatic nitrogens is 5. The molecule has 22 heavy (non-hydrogen) atoms. The number of fused-ring (bicyclic) bond motifs is 1. The van der Waals surface area contributed by atoms with Crippen LogP contribution in [0.15, 0.2) is 6.07 Å². The van der Waals surface area contributed by atoms with E-state index in [1.165, 1.54) is 0 Å². The second kappa shape index (κ2) is 6.02. The van der Waals surface area contributed by atoms with E-state index in [2.05, 4.69) is 46.1 Å². The van der Waals surface area contributed by atoms with Crippen LogP contribution in [-0.4, -0.2) is 30.8 Å². The minimum absolute atomic E-state index is 0.334. The zero-order valence-corrected chi connectivity index (χ0v) is 13.8. The summed E-state index contributed by atoms with van der Waals surface area (Å²) in [6, 6.07) is 2.36. The van der Waals surface area contributed by atoms with E-state index in [9.17, 15) is 0 Å². The third kappa shape index (κ3) is 3.10. The van der Waals surface area contributed by atoms with Crippen molar-refractivity contribution >= 4 is 5.82 Å². The van der Waals surface area contributed by atoms with Gasteiger partial charge in [-0.1, -0.05) is 20.8 Å². The number of hydrogen-bond acceptors (Lipinski definition) is 5. The topological polar surface area (TPSA) is 68.5 Å². The molecule has 0 aliphatic carbocycles. The van der Waals surface area contributed by atoms with Gasteiger partial charge in [-0.2, -0.15) is 5.10 Å². The summed E-state index contributed by atoms with van der Waals surface area (Å²) in [5, 5.41) is 8.10. The van der Waals surface area contributed by atoms with Crippen LogP contribution in [0.5, 0.6) is 0 Å². The molecule has 0 bridgehead atoms. The number of anilines is 1. The number of aryl methyl sites for hydroxylation is 3. The monoisotopic (exact) mass is 300 g/mol. The first-order valence-corrected chi connectivity index (χ1v) is 8.10. The van der Waals surface area contributed by atoms with Gasteiger partial charge in [0.25, 0.3) is 0 Å². The Kier molecular flexibility index (Phi) is 4.09. The molecule has 1 aliphatic heterocycles. The maximum Gasteiger partial charge on any atom is 0.150 e. The average Bonchev–Trinajstić information content (AvgIpc) is 2.89. The van der Waals surface area contributed by atoms with Crippen LogP contribution in [-0.2, 0) is 19.4 Å². The normalized spacial score (nSPS) is 17.6. The first kappa shape index (κ1) is 14.9. The minimum Gasteiger partial charge on any atom is -0.365 e. The Hall–Kier alpha value is -1.98. The largest absolute Gasteiger partial charge is 0.365 e. The van der Waals surface area contributed by atoms with Gasteiger partial charge in [-0.05, 0) is 13.3 Å². The van der Waals surface area contributed by atoms with Crippen molar-refractivity contribution in [1.82, 2.24) is 24.7 Å². The Bertz CT molecular complexity index is 661. The van der Waals surface area contributed by atoms with E-state index in [0.29, 0.717) is 12.0 Å². The van der Waals surface area contributed by atoms with Crippen LogP contribution in [0.1, 0.15) is 56.3 Å². The highest BCUT2D eigenvalue weighted by Gasteiger charge is 2.21. The van der Waals surface area contributed by atoms with E-state index >= 15 is 0 Å². The van der Waals surface area contributed by atoms with E-state index in [-0.39, 0.29) is 0 Å². The summed E-state index contributed by atoms with van der Waals surface area (Å²) in [6.07, 6.45) is 2.91. The van der Waals surface area contributed by atoms with Gasteiger partial charge >= 0.3 is 0 Å². The van der Waals surface area contributed by atoms with Crippen molar-refractivity contribution in [2.45, 2.75) is 65.5 Å². The molecular weight excluding hydrogens is 276 g/mol. The maximum atomic E-state index is 4.64. The van der Waals surface area contributed by atoms with Crippen molar-refractivity contribution in [3.63, 3.8) is 0 Å². The Morgan fingerprint density at radius 3 is 2.86 bits per heavy atom. The third-order valence-electron chi connectivity index (χ3n) is 3.96. The predicted octanol–water partition coefficient (Wildman–Crippen LogP) is 2.49. The maximum absolute atomic E-state index is 4.64. The molecule has 6 nitrogen and oxygen atoms in total. The molecule has 0 amide bonds. The van der Waals surface area contributed by atoms with Crippen molar-refractivity contribution in [2.75, 3.05) is 5.32 Å². The van der Waals surface area contributed by atoms with Gasteiger partial charge in [-0.25, -0.2) is 19.6 Å². The smallest absolute Gasteiger partial charge is 0.150 e. The fourth-order valence-electron chi connectivity index (χ4n) is 2.76. The van der Waals surface area contributed by atoms with Crippen molar-refractivity contribution in [2.24, 2.45) is 0 Å². The highest BCUT2D eigenvalue weighted by molar-refractivity contribution is 5.37. The number of hydrogen-bond donors (Lipinski definition) is 1. The molecule has 1 aliphatic rings. The molecule has 0 fully saturated rings. The van der Waals surface area contributed by atoms with Crippen LogP contribution in [0.25, 0.3) is 0 Å². The van der Waals surface area contributed by atoms with Crippen molar-refractivity contribution < 1.29 is 0 Å². The lowest BCUT2D eigenvalue weighted by Crippen LogP contribution is -2.32. The van der Waals surface area contributed by atoms with Crippen LogP contribution >= 0.6 is 0 Å². The van der Waals surface area contributed by atoms with Crippen molar-refractivity contribution in [3.05, 3.63) is 29.2 Å². The number of nitrogens with one attached hydrogen (secondary N) is 1. The minimum atomic E-state index is 0.334. The van der Waals surface area contributed by atoms with E-state index in [1.54, 1.807) is 0 Å². The molecule has 1 unspecified atom stereocenters. The molecule has 0 spiro atoms. The summed E-state index contributed by atoms with van der Waals surface area (Å²) in [7, 11) is 0. The first-order valence-electron chi connectivity index (χ1n) is 8.10. The van der Waals surface area contributed by atoms with Crippen molar-refractivity contribution in [3.8, 4) is 0 Å². The van der Waals surface area contributed by atoms with Crippen LogP contribution in [0, 0.1) is 6.92 Å². The number of rotatable bonds is 4. The highest BCUT2D eigenvalue weighted by Crippen LogP contribution is 2.19. The van der Waals surface area contributed by atoms with Crippen LogP contribution < -0.4 is 5.32 Å². The van der Waals surface area contributed by atoms with Crippen LogP contribution in [0.4, 0.5) is 5.82 Å². The summed E-state index contributed by atoms with van der Waals surface area (Å²) >= 11 is 0. The standard InChI is InChI=1S/C16H24N6/c1-5-13-19-15-7-6-12(9-22(15)21-13)18-14-8-11(4)17-16(20-14)10(2)3/h8,10,12H,5-7,9H2,1-4H3,(H,17,18,20). The van der Waals surface area contributed by atoms with Gasteiger partial charge < -0.3 is 5.32 Å².